The number of aromatic nitrogens is 2. The third-order valence-electron chi connectivity index (χ3n) is 4.72. The number of ether oxygens (including phenoxy) is 2. The molecule has 3 aromatic carbocycles. The predicted molar refractivity (Wildman–Crippen MR) is 115 cm³/mol. The lowest BCUT2D eigenvalue weighted by atomic mass is 10.1. The van der Waals surface area contributed by atoms with Crippen LogP contribution in [0.25, 0.3) is 11.1 Å². The molecular formula is C24H23N3O2. The molecule has 0 aliphatic carbocycles. The summed E-state index contributed by atoms with van der Waals surface area (Å²) in [6.07, 6.45) is 1.75. The van der Waals surface area contributed by atoms with Crippen LogP contribution in [-0.4, -0.2) is 9.78 Å². The van der Waals surface area contributed by atoms with E-state index in [0.717, 1.165) is 22.3 Å². The molecule has 4 aromatic rings. The van der Waals surface area contributed by atoms with Gasteiger partial charge in [-0.1, -0.05) is 72.8 Å². The van der Waals surface area contributed by atoms with Gasteiger partial charge < -0.3 is 15.2 Å². The van der Waals surface area contributed by atoms with Crippen molar-refractivity contribution in [2.75, 3.05) is 5.73 Å². The van der Waals surface area contributed by atoms with E-state index in [-0.39, 0.29) is 0 Å². The summed E-state index contributed by atoms with van der Waals surface area (Å²) in [6.45, 7) is 0.883. The van der Waals surface area contributed by atoms with Crippen LogP contribution in [0.4, 0.5) is 5.82 Å². The molecule has 29 heavy (non-hydrogen) atoms. The monoisotopic (exact) mass is 385 g/mol. The molecule has 5 nitrogen and oxygen atoms in total. The van der Waals surface area contributed by atoms with Gasteiger partial charge in [-0.25, -0.2) is 0 Å². The number of nitrogens with zero attached hydrogens (tertiary/aromatic N) is 2. The van der Waals surface area contributed by atoms with Crippen LogP contribution >= 0.6 is 0 Å². The molecule has 0 atom stereocenters. The second kappa shape index (κ2) is 8.52. The Morgan fingerprint density at radius 2 is 1.38 bits per heavy atom. The van der Waals surface area contributed by atoms with Crippen molar-refractivity contribution in [1.82, 2.24) is 9.78 Å². The van der Waals surface area contributed by atoms with Crippen molar-refractivity contribution in [3.05, 3.63) is 96.2 Å². The normalized spacial score (nSPS) is 10.7. The van der Waals surface area contributed by atoms with E-state index in [2.05, 4.69) is 5.10 Å². The molecule has 0 unspecified atom stereocenters. The van der Waals surface area contributed by atoms with Gasteiger partial charge in [-0.2, -0.15) is 5.10 Å². The average Bonchev–Trinajstić information content (AvgIpc) is 3.10. The van der Waals surface area contributed by atoms with Crippen molar-refractivity contribution >= 4 is 5.82 Å². The molecule has 146 valence electrons. The van der Waals surface area contributed by atoms with E-state index in [0.29, 0.717) is 30.5 Å². The van der Waals surface area contributed by atoms with Crippen LogP contribution in [0, 0.1) is 0 Å². The summed E-state index contributed by atoms with van der Waals surface area (Å²) in [6, 6.07) is 25.9. The van der Waals surface area contributed by atoms with Crippen LogP contribution in [0.3, 0.4) is 0 Å². The molecule has 0 aliphatic rings. The van der Waals surface area contributed by atoms with Crippen molar-refractivity contribution in [2.45, 2.75) is 13.2 Å². The quantitative estimate of drug-likeness (QED) is 0.495. The van der Waals surface area contributed by atoms with E-state index in [9.17, 15) is 0 Å². The van der Waals surface area contributed by atoms with Gasteiger partial charge in [0, 0.05) is 18.2 Å². The number of nitrogens with two attached hydrogens (primary N) is 1. The highest BCUT2D eigenvalue weighted by molar-refractivity contribution is 5.80. The molecule has 0 saturated carbocycles. The fourth-order valence-electron chi connectivity index (χ4n) is 3.11. The topological polar surface area (TPSA) is 62.3 Å². The summed E-state index contributed by atoms with van der Waals surface area (Å²) in [5, 5.41) is 4.27. The lowest BCUT2D eigenvalue weighted by molar-refractivity contribution is 0.257. The predicted octanol–water partition coefficient (Wildman–Crippen LogP) is 4.83. The zero-order valence-electron chi connectivity index (χ0n) is 16.3. The van der Waals surface area contributed by atoms with E-state index in [1.807, 2.05) is 85.9 Å². The summed E-state index contributed by atoms with van der Waals surface area (Å²) >= 11 is 0. The number of rotatable bonds is 7. The first-order valence-electron chi connectivity index (χ1n) is 9.46. The smallest absolute Gasteiger partial charge is 0.169 e. The minimum atomic E-state index is 0.430. The minimum Gasteiger partial charge on any atom is -0.485 e. The Balaban J connectivity index is 1.67. The molecule has 2 N–H and O–H groups in total. The molecule has 0 radical (unpaired) electrons. The van der Waals surface area contributed by atoms with E-state index in [1.165, 1.54) is 0 Å². The maximum absolute atomic E-state index is 6.24. The SMILES string of the molecule is Cn1ncc(-c2cccc(OCc3ccccc3)c2OCc2ccccc2)c1N. The Morgan fingerprint density at radius 3 is 1.97 bits per heavy atom. The van der Waals surface area contributed by atoms with Crippen molar-refractivity contribution < 1.29 is 9.47 Å². The lowest BCUT2D eigenvalue weighted by Gasteiger charge is -2.17. The number of benzene rings is 3. The van der Waals surface area contributed by atoms with Gasteiger partial charge in [-0.3, -0.25) is 4.68 Å². The van der Waals surface area contributed by atoms with Crippen molar-refractivity contribution in [1.29, 1.82) is 0 Å². The van der Waals surface area contributed by atoms with Crippen LogP contribution < -0.4 is 15.2 Å². The molecular weight excluding hydrogens is 362 g/mol. The molecule has 1 heterocycles. The number of nitrogen functional groups attached to an aromatic ring is 1. The molecule has 1 aromatic heterocycles. The molecule has 0 spiro atoms. The van der Waals surface area contributed by atoms with Gasteiger partial charge in [0.2, 0.25) is 0 Å². The summed E-state index contributed by atoms with van der Waals surface area (Å²) in [5.74, 6) is 1.91. The third-order valence-corrected chi connectivity index (χ3v) is 4.72. The fraction of sp³-hybridized carbons (Fsp3) is 0.125. The van der Waals surface area contributed by atoms with Crippen LogP contribution in [0.5, 0.6) is 11.5 Å². The van der Waals surface area contributed by atoms with Crippen LogP contribution in [0.15, 0.2) is 85.1 Å². The van der Waals surface area contributed by atoms with Gasteiger partial charge in [-0.15, -0.1) is 0 Å². The zero-order valence-corrected chi connectivity index (χ0v) is 16.3. The Kier molecular flexibility index (Phi) is 5.47. The first-order valence-corrected chi connectivity index (χ1v) is 9.46. The largest absolute Gasteiger partial charge is 0.485 e. The molecule has 4 rings (SSSR count). The molecule has 0 aliphatic heterocycles. The first kappa shape index (κ1) is 18.6. The number of hydrogen-bond acceptors (Lipinski definition) is 4. The van der Waals surface area contributed by atoms with E-state index >= 15 is 0 Å². The van der Waals surface area contributed by atoms with E-state index < -0.39 is 0 Å². The summed E-state index contributed by atoms with van der Waals surface area (Å²) < 4.78 is 14.0. The maximum atomic E-state index is 6.24. The van der Waals surface area contributed by atoms with Gasteiger partial charge in [-0.05, 0) is 17.2 Å². The third kappa shape index (κ3) is 4.24. The van der Waals surface area contributed by atoms with Crippen LogP contribution in [0.1, 0.15) is 11.1 Å². The maximum Gasteiger partial charge on any atom is 0.169 e. The molecule has 0 amide bonds. The van der Waals surface area contributed by atoms with Gasteiger partial charge in [0.05, 0.1) is 6.20 Å². The standard InChI is InChI=1S/C24H23N3O2/c1-27-24(25)21(15-26-27)20-13-8-14-22(28-16-18-9-4-2-5-10-18)23(20)29-17-19-11-6-3-7-12-19/h2-15H,16-17,25H2,1H3. The highest BCUT2D eigenvalue weighted by Crippen LogP contribution is 2.41. The minimum absolute atomic E-state index is 0.430. The highest BCUT2D eigenvalue weighted by atomic mass is 16.5. The van der Waals surface area contributed by atoms with E-state index in [4.69, 9.17) is 15.2 Å². The zero-order chi connectivity index (χ0) is 20.1. The highest BCUT2D eigenvalue weighted by Gasteiger charge is 2.17. The number of para-hydroxylation sites is 1. The summed E-state index contributed by atoms with van der Waals surface area (Å²) in [7, 11) is 1.82. The summed E-state index contributed by atoms with van der Waals surface area (Å²) in [4.78, 5) is 0. The van der Waals surface area contributed by atoms with Gasteiger partial charge >= 0.3 is 0 Å². The lowest BCUT2D eigenvalue weighted by Crippen LogP contribution is -2.03. The second-order valence-electron chi connectivity index (χ2n) is 6.75. The van der Waals surface area contributed by atoms with Gasteiger partial charge in [0.25, 0.3) is 0 Å². The van der Waals surface area contributed by atoms with Crippen LogP contribution in [0.2, 0.25) is 0 Å². The number of anilines is 1. The molecule has 0 bridgehead atoms. The molecule has 5 heteroatoms. The number of aryl methyl sites for hydroxylation is 1. The van der Waals surface area contributed by atoms with Gasteiger partial charge in [0.15, 0.2) is 11.5 Å². The van der Waals surface area contributed by atoms with Crippen molar-refractivity contribution in [3.63, 3.8) is 0 Å². The summed E-state index contributed by atoms with van der Waals surface area (Å²) in [5.41, 5.74) is 10.1. The Bertz CT molecular complexity index is 1080. The number of hydrogen-bond donors (Lipinski definition) is 1. The average molecular weight is 385 g/mol. The first-order chi connectivity index (χ1) is 14.2. The molecule has 0 fully saturated rings. The van der Waals surface area contributed by atoms with Crippen molar-refractivity contribution in [3.8, 4) is 22.6 Å². The van der Waals surface area contributed by atoms with Gasteiger partial charge in [0.1, 0.15) is 19.0 Å². The van der Waals surface area contributed by atoms with E-state index in [1.54, 1.807) is 10.9 Å². The van der Waals surface area contributed by atoms with Crippen LogP contribution in [-0.2, 0) is 20.3 Å². The van der Waals surface area contributed by atoms with Crippen molar-refractivity contribution in [2.24, 2.45) is 7.05 Å². The molecule has 0 saturated heterocycles. The second-order valence-corrected chi connectivity index (χ2v) is 6.75. The Morgan fingerprint density at radius 1 is 0.759 bits per heavy atom. The Hall–Kier alpha value is -3.73. The fourth-order valence-corrected chi connectivity index (χ4v) is 3.11. The Labute approximate surface area is 170 Å².